The molecule has 1 aromatic rings. The minimum absolute atomic E-state index is 0.0271. The SMILES string of the molecule is CCC(CC)C(N)CNC(=O)C1COc2ccccc2O1. The Labute approximate surface area is 125 Å². The topological polar surface area (TPSA) is 73.6 Å². The molecule has 2 rings (SSSR count). The number of para-hydroxylation sites is 2. The van der Waals surface area contributed by atoms with Gasteiger partial charge in [0.1, 0.15) is 6.61 Å². The Hall–Kier alpha value is -1.75. The van der Waals surface area contributed by atoms with Crippen LogP contribution in [0.2, 0.25) is 0 Å². The Morgan fingerprint density at radius 1 is 1.33 bits per heavy atom. The minimum atomic E-state index is -0.617. The first-order valence-electron chi connectivity index (χ1n) is 7.57. The number of ether oxygens (including phenoxy) is 2. The van der Waals surface area contributed by atoms with Gasteiger partial charge in [0, 0.05) is 12.6 Å². The van der Waals surface area contributed by atoms with E-state index in [2.05, 4.69) is 19.2 Å². The Kier molecular flexibility index (Phi) is 5.44. The molecule has 1 aromatic carbocycles. The van der Waals surface area contributed by atoms with Crippen LogP contribution in [0.1, 0.15) is 26.7 Å². The maximum Gasteiger partial charge on any atom is 0.264 e. The average molecular weight is 292 g/mol. The van der Waals surface area contributed by atoms with Crippen LogP contribution in [-0.4, -0.2) is 31.2 Å². The number of hydrogen-bond acceptors (Lipinski definition) is 4. The van der Waals surface area contributed by atoms with Crippen molar-refractivity contribution in [3.8, 4) is 11.5 Å². The van der Waals surface area contributed by atoms with E-state index in [1.807, 2.05) is 18.2 Å². The van der Waals surface area contributed by atoms with Gasteiger partial charge < -0.3 is 20.5 Å². The summed E-state index contributed by atoms with van der Waals surface area (Å²) in [7, 11) is 0. The van der Waals surface area contributed by atoms with Gasteiger partial charge in [-0.15, -0.1) is 0 Å². The van der Waals surface area contributed by atoms with Crippen molar-refractivity contribution in [2.24, 2.45) is 11.7 Å². The van der Waals surface area contributed by atoms with Gasteiger partial charge in [-0.25, -0.2) is 0 Å². The largest absolute Gasteiger partial charge is 0.485 e. The summed E-state index contributed by atoms with van der Waals surface area (Å²) in [5, 5.41) is 2.86. The Balaban J connectivity index is 1.85. The summed E-state index contributed by atoms with van der Waals surface area (Å²) in [5.74, 6) is 1.53. The number of rotatable bonds is 6. The quantitative estimate of drug-likeness (QED) is 0.837. The lowest BCUT2D eigenvalue weighted by Crippen LogP contribution is -2.48. The van der Waals surface area contributed by atoms with E-state index in [4.69, 9.17) is 15.2 Å². The third kappa shape index (κ3) is 3.88. The normalized spacial score (nSPS) is 18.4. The fourth-order valence-electron chi connectivity index (χ4n) is 2.54. The molecule has 0 spiro atoms. The molecular weight excluding hydrogens is 268 g/mol. The Morgan fingerprint density at radius 2 is 2.00 bits per heavy atom. The van der Waals surface area contributed by atoms with Gasteiger partial charge in [-0.1, -0.05) is 38.8 Å². The van der Waals surface area contributed by atoms with Crippen molar-refractivity contribution in [2.75, 3.05) is 13.2 Å². The maximum absolute atomic E-state index is 12.1. The molecule has 0 saturated carbocycles. The highest BCUT2D eigenvalue weighted by Crippen LogP contribution is 2.30. The molecule has 2 atom stereocenters. The van der Waals surface area contributed by atoms with E-state index >= 15 is 0 Å². The van der Waals surface area contributed by atoms with Gasteiger partial charge in [-0.05, 0) is 18.1 Å². The van der Waals surface area contributed by atoms with Crippen LogP contribution in [0.25, 0.3) is 0 Å². The second-order valence-corrected chi connectivity index (χ2v) is 5.35. The molecule has 0 aliphatic carbocycles. The van der Waals surface area contributed by atoms with Crippen molar-refractivity contribution in [1.82, 2.24) is 5.32 Å². The zero-order chi connectivity index (χ0) is 15.2. The van der Waals surface area contributed by atoms with Crippen molar-refractivity contribution >= 4 is 5.91 Å². The third-order valence-corrected chi connectivity index (χ3v) is 3.97. The summed E-state index contributed by atoms with van der Waals surface area (Å²) in [6.07, 6.45) is 1.42. The highest BCUT2D eigenvalue weighted by molar-refractivity contribution is 5.81. The van der Waals surface area contributed by atoms with Crippen LogP contribution in [0.3, 0.4) is 0 Å². The van der Waals surface area contributed by atoms with E-state index in [1.54, 1.807) is 6.07 Å². The van der Waals surface area contributed by atoms with Crippen molar-refractivity contribution < 1.29 is 14.3 Å². The van der Waals surface area contributed by atoms with Crippen molar-refractivity contribution in [3.05, 3.63) is 24.3 Å². The molecule has 5 nitrogen and oxygen atoms in total. The number of fused-ring (bicyclic) bond motifs is 1. The van der Waals surface area contributed by atoms with E-state index in [9.17, 15) is 4.79 Å². The highest BCUT2D eigenvalue weighted by Gasteiger charge is 2.27. The molecule has 1 heterocycles. The zero-order valence-electron chi connectivity index (χ0n) is 12.7. The van der Waals surface area contributed by atoms with Crippen LogP contribution < -0.4 is 20.5 Å². The summed E-state index contributed by atoms with van der Waals surface area (Å²) in [6.45, 7) is 4.92. The summed E-state index contributed by atoms with van der Waals surface area (Å²) >= 11 is 0. The van der Waals surface area contributed by atoms with E-state index < -0.39 is 6.10 Å². The lowest BCUT2D eigenvalue weighted by Gasteiger charge is -2.27. The van der Waals surface area contributed by atoms with Crippen molar-refractivity contribution in [1.29, 1.82) is 0 Å². The molecule has 2 unspecified atom stereocenters. The first kappa shape index (κ1) is 15.6. The van der Waals surface area contributed by atoms with Gasteiger partial charge in [0.05, 0.1) is 0 Å². The van der Waals surface area contributed by atoms with Crippen molar-refractivity contribution in [2.45, 2.75) is 38.8 Å². The molecule has 1 aliphatic rings. The summed E-state index contributed by atoms with van der Waals surface area (Å²) in [4.78, 5) is 12.1. The molecule has 5 heteroatoms. The molecule has 1 aliphatic heterocycles. The zero-order valence-corrected chi connectivity index (χ0v) is 12.7. The van der Waals surface area contributed by atoms with Crippen LogP contribution in [0.4, 0.5) is 0 Å². The first-order valence-corrected chi connectivity index (χ1v) is 7.57. The highest BCUT2D eigenvalue weighted by atomic mass is 16.6. The van der Waals surface area contributed by atoms with E-state index in [0.717, 1.165) is 12.8 Å². The van der Waals surface area contributed by atoms with Crippen molar-refractivity contribution in [3.63, 3.8) is 0 Å². The van der Waals surface area contributed by atoms with Gasteiger partial charge in [0.2, 0.25) is 6.10 Å². The smallest absolute Gasteiger partial charge is 0.264 e. The minimum Gasteiger partial charge on any atom is -0.485 e. The number of nitrogens with one attached hydrogen (secondary N) is 1. The number of carbonyl (C=O) groups is 1. The van der Waals surface area contributed by atoms with E-state index in [0.29, 0.717) is 24.0 Å². The second kappa shape index (κ2) is 7.31. The van der Waals surface area contributed by atoms with Gasteiger partial charge in [-0.3, -0.25) is 4.79 Å². The fourth-order valence-corrected chi connectivity index (χ4v) is 2.54. The Morgan fingerprint density at radius 3 is 2.67 bits per heavy atom. The third-order valence-electron chi connectivity index (χ3n) is 3.97. The van der Waals surface area contributed by atoms with E-state index in [1.165, 1.54) is 0 Å². The lowest BCUT2D eigenvalue weighted by atomic mass is 9.95. The fraction of sp³-hybridized carbons (Fsp3) is 0.562. The van der Waals surface area contributed by atoms with Gasteiger partial charge in [0.25, 0.3) is 5.91 Å². The summed E-state index contributed by atoms with van der Waals surface area (Å²) in [5.41, 5.74) is 6.11. The van der Waals surface area contributed by atoms with Crippen LogP contribution in [0.15, 0.2) is 24.3 Å². The summed E-state index contributed by atoms with van der Waals surface area (Å²) in [6, 6.07) is 7.32. The number of carbonyl (C=O) groups excluding carboxylic acids is 1. The number of amides is 1. The standard InChI is InChI=1S/C16H24N2O3/c1-3-11(4-2)12(17)9-18-16(19)15-10-20-13-7-5-6-8-14(13)21-15/h5-8,11-12,15H,3-4,9-10,17H2,1-2H3,(H,18,19). The van der Waals surface area contributed by atoms with Gasteiger partial charge in [0.15, 0.2) is 11.5 Å². The molecule has 21 heavy (non-hydrogen) atoms. The number of nitrogens with two attached hydrogens (primary N) is 1. The maximum atomic E-state index is 12.1. The second-order valence-electron chi connectivity index (χ2n) is 5.35. The predicted octanol–water partition coefficient (Wildman–Crippen LogP) is 1.71. The molecule has 1 amide bonds. The molecule has 0 aromatic heterocycles. The predicted molar refractivity (Wildman–Crippen MR) is 81.4 cm³/mol. The molecule has 0 bridgehead atoms. The lowest BCUT2D eigenvalue weighted by molar-refractivity contribution is -0.130. The molecule has 3 N–H and O–H groups in total. The number of benzene rings is 1. The van der Waals surface area contributed by atoms with Gasteiger partial charge >= 0.3 is 0 Å². The van der Waals surface area contributed by atoms with E-state index in [-0.39, 0.29) is 18.6 Å². The van der Waals surface area contributed by atoms with Crippen LogP contribution >= 0.6 is 0 Å². The van der Waals surface area contributed by atoms with Crippen LogP contribution in [0.5, 0.6) is 11.5 Å². The first-order chi connectivity index (χ1) is 10.2. The molecule has 116 valence electrons. The molecule has 0 radical (unpaired) electrons. The molecular formula is C16H24N2O3. The molecule has 0 saturated heterocycles. The van der Waals surface area contributed by atoms with Gasteiger partial charge in [-0.2, -0.15) is 0 Å². The summed E-state index contributed by atoms with van der Waals surface area (Å²) < 4.78 is 11.2. The number of hydrogen-bond donors (Lipinski definition) is 2. The molecule has 0 fully saturated rings. The Bertz CT molecular complexity index is 474. The average Bonchev–Trinajstić information content (AvgIpc) is 2.53. The van der Waals surface area contributed by atoms with Crippen LogP contribution in [0, 0.1) is 5.92 Å². The van der Waals surface area contributed by atoms with Crippen LogP contribution in [-0.2, 0) is 4.79 Å². The monoisotopic (exact) mass is 292 g/mol.